The molecular formula is C22H12Cl3N3S2. The molecule has 1 aliphatic rings. The van der Waals surface area contributed by atoms with Gasteiger partial charge in [0.2, 0.25) is 5.11 Å². The summed E-state index contributed by atoms with van der Waals surface area (Å²) in [6.07, 6.45) is 0.478. The molecule has 30 heavy (non-hydrogen) atoms. The molecule has 4 aromatic rings. The summed E-state index contributed by atoms with van der Waals surface area (Å²) < 4.78 is 1.20. The summed E-state index contributed by atoms with van der Waals surface area (Å²) in [5, 5.41) is 1.90. The molecule has 2 aromatic heterocycles. The number of hydrogen-bond donors (Lipinski definition) is 1. The molecule has 0 fully saturated rings. The molecule has 1 N–H and O–H groups in total. The molecule has 3 nitrogen and oxygen atoms in total. The van der Waals surface area contributed by atoms with Crippen LogP contribution in [-0.4, -0.2) is 21.5 Å². The quantitative estimate of drug-likeness (QED) is 0.293. The normalized spacial score (nSPS) is 14.2. The van der Waals surface area contributed by atoms with E-state index in [2.05, 4.69) is 27.1 Å². The fourth-order valence-corrected chi connectivity index (χ4v) is 5.51. The molecule has 8 heteroatoms. The highest BCUT2D eigenvalue weighted by Crippen LogP contribution is 2.36. The Morgan fingerprint density at radius 1 is 0.933 bits per heavy atom. The van der Waals surface area contributed by atoms with Crippen molar-refractivity contribution in [2.75, 3.05) is 0 Å². The van der Waals surface area contributed by atoms with Crippen molar-refractivity contribution in [3.05, 3.63) is 79.4 Å². The Bertz CT molecular complexity index is 1370. The van der Waals surface area contributed by atoms with Crippen LogP contribution in [0.5, 0.6) is 0 Å². The zero-order valence-electron chi connectivity index (χ0n) is 15.2. The van der Waals surface area contributed by atoms with Crippen LogP contribution in [0.4, 0.5) is 0 Å². The molecular weight excluding hydrogens is 477 g/mol. The molecule has 0 unspecified atom stereocenters. The van der Waals surface area contributed by atoms with Crippen molar-refractivity contribution in [3.8, 4) is 11.3 Å². The van der Waals surface area contributed by atoms with Gasteiger partial charge in [-0.2, -0.15) is 0 Å². The third-order valence-corrected chi connectivity index (χ3v) is 6.78. The number of nitrogens with one attached hydrogen (secondary N) is 1. The van der Waals surface area contributed by atoms with Crippen LogP contribution in [0.1, 0.15) is 17.5 Å². The van der Waals surface area contributed by atoms with Crippen molar-refractivity contribution in [1.29, 1.82) is 0 Å². The molecule has 0 saturated heterocycles. The van der Waals surface area contributed by atoms with Crippen LogP contribution < -0.4 is 0 Å². The topological polar surface area (TPSA) is 40.5 Å². The summed E-state index contributed by atoms with van der Waals surface area (Å²) in [7, 11) is 0. The molecule has 0 amide bonds. The molecule has 0 bridgehead atoms. The number of thiocarbonyl (C=S) groups is 1. The predicted octanol–water partition coefficient (Wildman–Crippen LogP) is 7.82. The van der Waals surface area contributed by atoms with E-state index in [-0.39, 0.29) is 5.11 Å². The van der Waals surface area contributed by atoms with E-state index >= 15 is 0 Å². The highest BCUT2D eigenvalue weighted by molar-refractivity contribution is 7.80. The van der Waals surface area contributed by atoms with Crippen molar-refractivity contribution in [1.82, 2.24) is 4.98 Å². The molecule has 1 aliphatic heterocycles. The lowest BCUT2D eigenvalue weighted by molar-refractivity contribution is 1.38. The van der Waals surface area contributed by atoms with Crippen molar-refractivity contribution >= 4 is 85.8 Å². The van der Waals surface area contributed by atoms with Gasteiger partial charge in [-0.25, -0.2) is 9.98 Å². The molecule has 148 valence electrons. The van der Waals surface area contributed by atoms with E-state index in [1.807, 2.05) is 42.5 Å². The minimum Gasteiger partial charge on any atom is -0.354 e. The zero-order valence-corrected chi connectivity index (χ0v) is 19.1. The lowest BCUT2D eigenvalue weighted by Crippen LogP contribution is -2.18. The fraction of sp³-hybridized carbons (Fsp3) is 0.0455. The Labute approximate surface area is 197 Å². The van der Waals surface area contributed by atoms with Crippen LogP contribution >= 0.6 is 58.4 Å². The number of nitrogens with zero attached hydrogens (tertiary/aromatic N) is 2. The van der Waals surface area contributed by atoms with E-state index in [0.29, 0.717) is 20.1 Å². The van der Waals surface area contributed by atoms with Gasteiger partial charge in [-0.15, -0.1) is 11.3 Å². The van der Waals surface area contributed by atoms with Gasteiger partial charge in [0, 0.05) is 33.5 Å². The van der Waals surface area contributed by atoms with Crippen molar-refractivity contribution in [3.63, 3.8) is 0 Å². The molecule has 0 spiro atoms. The monoisotopic (exact) mass is 487 g/mol. The number of fused-ring (bicyclic) bond motifs is 1. The van der Waals surface area contributed by atoms with E-state index in [0.717, 1.165) is 44.7 Å². The largest absolute Gasteiger partial charge is 0.354 e. The van der Waals surface area contributed by atoms with Crippen LogP contribution in [0.2, 0.25) is 13.7 Å². The standard InChI is InChI=1S/C22H12Cl3N3S2/c23-12-6-7-15-13(8-12)19(20(26-15)11-4-2-1-3-5-11)17-10-16(27-22(29)28-17)14-9-18(24)30-21(14)25/h1-9,26H,10H2. The maximum Gasteiger partial charge on any atom is 0.219 e. The van der Waals surface area contributed by atoms with Gasteiger partial charge in [-0.3, -0.25) is 0 Å². The zero-order chi connectivity index (χ0) is 20.8. The van der Waals surface area contributed by atoms with Gasteiger partial charge < -0.3 is 4.98 Å². The van der Waals surface area contributed by atoms with Crippen LogP contribution in [0, 0.1) is 0 Å². The lowest BCUT2D eigenvalue weighted by Gasteiger charge is -2.15. The second-order valence-corrected chi connectivity index (χ2v) is 9.83. The first kappa shape index (κ1) is 19.9. The number of aliphatic imine (C=N–C) groups is 2. The Kier molecular flexibility index (Phi) is 5.25. The van der Waals surface area contributed by atoms with Crippen LogP contribution in [-0.2, 0) is 0 Å². The van der Waals surface area contributed by atoms with Gasteiger partial charge in [0.15, 0.2) is 0 Å². The first-order valence-electron chi connectivity index (χ1n) is 9.01. The SMILES string of the molecule is S=C1N=C(c2cc(Cl)sc2Cl)CC(c2c(-c3ccccc3)[nH]c3ccc(Cl)cc23)=N1. The maximum absolute atomic E-state index is 6.39. The van der Waals surface area contributed by atoms with Gasteiger partial charge >= 0.3 is 0 Å². The smallest absolute Gasteiger partial charge is 0.219 e. The fourth-order valence-electron chi connectivity index (χ4n) is 3.62. The molecule has 0 radical (unpaired) electrons. The second-order valence-electron chi connectivity index (χ2n) is 6.75. The second kappa shape index (κ2) is 7.91. The summed E-state index contributed by atoms with van der Waals surface area (Å²) in [5.74, 6) is 0. The lowest BCUT2D eigenvalue weighted by atomic mass is 9.95. The van der Waals surface area contributed by atoms with E-state index in [4.69, 9.17) is 47.0 Å². The first-order valence-corrected chi connectivity index (χ1v) is 11.4. The Morgan fingerprint density at radius 2 is 1.70 bits per heavy atom. The van der Waals surface area contributed by atoms with Crippen LogP contribution in [0.25, 0.3) is 22.2 Å². The molecule has 5 rings (SSSR count). The summed E-state index contributed by atoms with van der Waals surface area (Å²) in [4.78, 5) is 12.6. The molecule has 0 saturated carbocycles. The highest BCUT2D eigenvalue weighted by Gasteiger charge is 2.25. The van der Waals surface area contributed by atoms with Gasteiger partial charge in [-0.1, -0.05) is 65.1 Å². The molecule has 3 heterocycles. The third kappa shape index (κ3) is 3.61. The third-order valence-electron chi connectivity index (χ3n) is 4.88. The molecule has 0 aliphatic carbocycles. The number of aromatic nitrogens is 1. The Morgan fingerprint density at radius 3 is 2.43 bits per heavy atom. The van der Waals surface area contributed by atoms with E-state index in [1.54, 1.807) is 0 Å². The number of H-pyrrole nitrogens is 1. The van der Waals surface area contributed by atoms with Crippen molar-refractivity contribution in [2.45, 2.75) is 6.42 Å². The van der Waals surface area contributed by atoms with Crippen molar-refractivity contribution < 1.29 is 0 Å². The first-order chi connectivity index (χ1) is 14.5. The average Bonchev–Trinajstić information content (AvgIpc) is 3.27. The summed E-state index contributed by atoms with van der Waals surface area (Å²) >= 11 is 25.6. The molecule has 2 aromatic carbocycles. The number of aromatic amines is 1. The number of halogens is 3. The Hall–Kier alpha value is -2.02. The van der Waals surface area contributed by atoms with Gasteiger partial charge in [0.05, 0.1) is 21.5 Å². The summed E-state index contributed by atoms with van der Waals surface area (Å²) in [6, 6.07) is 17.7. The van der Waals surface area contributed by atoms with Gasteiger partial charge in [-0.05, 0) is 42.0 Å². The Balaban J connectivity index is 1.70. The maximum atomic E-state index is 6.39. The number of hydrogen-bond acceptors (Lipinski definition) is 2. The predicted molar refractivity (Wildman–Crippen MR) is 133 cm³/mol. The van der Waals surface area contributed by atoms with Gasteiger partial charge in [0.1, 0.15) is 4.34 Å². The van der Waals surface area contributed by atoms with E-state index < -0.39 is 0 Å². The number of rotatable bonds is 3. The van der Waals surface area contributed by atoms with E-state index in [9.17, 15) is 0 Å². The minimum absolute atomic E-state index is 0.264. The molecule has 0 atom stereocenters. The van der Waals surface area contributed by atoms with E-state index in [1.165, 1.54) is 11.3 Å². The number of benzene rings is 2. The summed E-state index contributed by atoms with van der Waals surface area (Å²) in [5.41, 5.74) is 6.32. The van der Waals surface area contributed by atoms with Gasteiger partial charge in [0.25, 0.3) is 0 Å². The average molecular weight is 489 g/mol. The van der Waals surface area contributed by atoms with Crippen LogP contribution in [0.3, 0.4) is 0 Å². The summed E-state index contributed by atoms with van der Waals surface area (Å²) in [6.45, 7) is 0. The number of thiophene rings is 1. The highest BCUT2D eigenvalue weighted by atomic mass is 35.5. The minimum atomic E-state index is 0.264. The van der Waals surface area contributed by atoms with Crippen LogP contribution in [0.15, 0.2) is 64.6 Å². The van der Waals surface area contributed by atoms with Crippen molar-refractivity contribution in [2.24, 2.45) is 9.98 Å².